The zero-order valence-electron chi connectivity index (χ0n) is 12.6. The van der Waals surface area contributed by atoms with Crippen molar-refractivity contribution in [3.63, 3.8) is 0 Å². The highest BCUT2D eigenvalue weighted by molar-refractivity contribution is 8.00. The van der Waals surface area contributed by atoms with E-state index < -0.39 is 0 Å². The van der Waals surface area contributed by atoms with E-state index in [0.29, 0.717) is 10.2 Å². The van der Waals surface area contributed by atoms with E-state index in [9.17, 15) is 0 Å². The normalized spacial score (nSPS) is 27.1. The fourth-order valence-electron chi connectivity index (χ4n) is 3.58. The van der Waals surface area contributed by atoms with Crippen molar-refractivity contribution >= 4 is 11.8 Å². The van der Waals surface area contributed by atoms with Gasteiger partial charge in [0.2, 0.25) is 0 Å². The molecular weight excluding hydrogens is 252 g/mol. The molecule has 19 heavy (non-hydrogen) atoms. The number of fused-ring (bicyclic) bond motifs is 1. The Hall–Kier alpha value is -0.410. The van der Waals surface area contributed by atoms with Crippen molar-refractivity contribution in [3.8, 4) is 0 Å². The van der Waals surface area contributed by atoms with Crippen LogP contribution in [0.5, 0.6) is 0 Å². The van der Waals surface area contributed by atoms with Crippen molar-refractivity contribution < 1.29 is 0 Å². The first kappa shape index (κ1) is 13.6. The average Bonchev–Trinajstić information content (AvgIpc) is 3.02. The maximum absolute atomic E-state index is 6.40. The fourth-order valence-corrected chi connectivity index (χ4v) is 4.35. The van der Waals surface area contributed by atoms with Gasteiger partial charge in [0.1, 0.15) is 0 Å². The van der Waals surface area contributed by atoms with E-state index in [-0.39, 0.29) is 6.04 Å². The van der Waals surface area contributed by atoms with Crippen LogP contribution in [0.4, 0.5) is 0 Å². The van der Waals surface area contributed by atoms with Crippen molar-refractivity contribution in [1.29, 1.82) is 0 Å². The molecule has 2 aliphatic carbocycles. The van der Waals surface area contributed by atoms with Gasteiger partial charge in [-0.2, -0.15) is 11.8 Å². The van der Waals surface area contributed by atoms with Crippen molar-refractivity contribution in [2.75, 3.05) is 6.26 Å². The van der Waals surface area contributed by atoms with E-state index in [1.807, 2.05) is 11.8 Å². The van der Waals surface area contributed by atoms with Gasteiger partial charge in [-0.1, -0.05) is 13.8 Å². The number of hydrogen-bond donors (Lipinski definition) is 1. The van der Waals surface area contributed by atoms with Gasteiger partial charge in [-0.25, -0.2) is 0 Å². The van der Waals surface area contributed by atoms with Crippen LogP contribution in [0, 0.1) is 12.3 Å². The highest BCUT2D eigenvalue weighted by atomic mass is 32.2. The summed E-state index contributed by atoms with van der Waals surface area (Å²) in [6.45, 7) is 8.13. The molecule has 3 heteroatoms. The first-order chi connectivity index (χ1) is 8.86. The smallest absolute Gasteiger partial charge is 0.0372 e. The Labute approximate surface area is 121 Å². The average molecular weight is 278 g/mol. The predicted molar refractivity (Wildman–Crippen MR) is 83.7 cm³/mol. The Morgan fingerprint density at radius 2 is 2.11 bits per heavy atom. The van der Waals surface area contributed by atoms with Gasteiger partial charge in [-0.15, -0.1) is 0 Å². The van der Waals surface area contributed by atoms with Crippen molar-refractivity contribution in [3.05, 3.63) is 23.0 Å². The summed E-state index contributed by atoms with van der Waals surface area (Å²) in [6.07, 6.45) is 7.28. The third-order valence-electron chi connectivity index (χ3n) is 4.95. The topological polar surface area (TPSA) is 30.9 Å². The number of nitrogens with zero attached hydrogens (tertiary/aromatic N) is 1. The molecule has 0 amide bonds. The van der Waals surface area contributed by atoms with Crippen LogP contribution in [0.1, 0.15) is 56.1 Å². The van der Waals surface area contributed by atoms with Crippen LogP contribution >= 0.6 is 11.8 Å². The Morgan fingerprint density at radius 3 is 2.68 bits per heavy atom. The molecule has 3 rings (SSSR count). The van der Waals surface area contributed by atoms with Crippen LogP contribution < -0.4 is 5.73 Å². The second-order valence-corrected chi connectivity index (χ2v) is 8.59. The third-order valence-corrected chi connectivity index (χ3v) is 6.36. The quantitative estimate of drug-likeness (QED) is 0.914. The summed E-state index contributed by atoms with van der Waals surface area (Å²) < 4.78 is 3.09. The van der Waals surface area contributed by atoms with Crippen LogP contribution in [0.15, 0.2) is 6.07 Å². The highest BCUT2D eigenvalue weighted by Crippen LogP contribution is 2.50. The summed E-state index contributed by atoms with van der Waals surface area (Å²) in [4.78, 5) is 0. The molecule has 2 aliphatic rings. The second-order valence-electron chi connectivity index (χ2n) is 7.31. The summed E-state index contributed by atoms with van der Waals surface area (Å²) in [5.74, 6) is 0. The zero-order chi connectivity index (χ0) is 13.8. The Kier molecular flexibility index (Phi) is 3.06. The van der Waals surface area contributed by atoms with Gasteiger partial charge >= 0.3 is 0 Å². The lowest BCUT2D eigenvalue weighted by Gasteiger charge is -2.35. The lowest BCUT2D eigenvalue weighted by molar-refractivity contribution is 0.274. The summed E-state index contributed by atoms with van der Waals surface area (Å²) in [6, 6.07) is 2.56. The zero-order valence-corrected chi connectivity index (χ0v) is 13.4. The molecule has 2 nitrogen and oxygen atoms in total. The van der Waals surface area contributed by atoms with Gasteiger partial charge in [0.25, 0.3) is 0 Å². The fraction of sp³-hybridized carbons (Fsp3) is 0.750. The minimum atomic E-state index is 0.225. The number of nitrogens with two attached hydrogens (primary N) is 1. The minimum Gasteiger partial charge on any atom is -0.347 e. The maximum atomic E-state index is 6.40. The van der Waals surface area contributed by atoms with Gasteiger partial charge in [-0.3, -0.25) is 0 Å². The van der Waals surface area contributed by atoms with Gasteiger partial charge in [-0.05, 0) is 55.9 Å². The molecule has 0 spiro atoms. The molecule has 1 aromatic heterocycles. The SMILES string of the molecule is CSC1(Cn2c(C)cc3c2CC(C)(C)CC3N)CC1. The van der Waals surface area contributed by atoms with Crippen molar-refractivity contribution in [1.82, 2.24) is 4.57 Å². The second kappa shape index (κ2) is 4.29. The lowest BCUT2D eigenvalue weighted by atomic mass is 9.74. The van der Waals surface area contributed by atoms with Crippen LogP contribution in [-0.2, 0) is 13.0 Å². The maximum Gasteiger partial charge on any atom is 0.0372 e. The molecule has 0 saturated heterocycles. The molecule has 1 unspecified atom stereocenters. The predicted octanol–water partition coefficient (Wildman–Crippen LogP) is 3.66. The molecule has 1 saturated carbocycles. The number of rotatable bonds is 3. The number of thioether (sulfide) groups is 1. The number of hydrogen-bond acceptors (Lipinski definition) is 2. The molecule has 0 bridgehead atoms. The largest absolute Gasteiger partial charge is 0.347 e. The molecule has 0 aliphatic heterocycles. The Bertz CT molecular complexity index is 497. The first-order valence-electron chi connectivity index (χ1n) is 7.35. The monoisotopic (exact) mass is 278 g/mol. The summed E-state index contributed by atoms with van der Waals surface area (Å²) in [5.41, 5.74) is 11.1. The standard InChI is InChI=1S/C16H26N2S/c1-11-7-12-13(17)8-15(2,3)9-14(12)18(11)10-16(19-4)5-6-16/h7,13H,5-6,8-10,17H2,1-4H3. The van der Waals surface area contributed by atoms with E-state index in [2.05, 4.69) is 37.7 Å². The summed E-state index contributed by atoms with van der Waals surface area (Å²) in [5, 5.41) is 0. The molecule has 1 atom stereocenters. The molecule has 0 radical (unpaired) electrons. The molecular formula is C16H26N2S. The molecule has 106 valence electrons. The van der Waals surface area contributed by atoms with E-state index >= 15 is 0 Å². The summed E-state index contributed by atoms with van der Waals surface area (Å²) in [7, 11) is 0. The van der Waals surface area contributed by atoms with Gasteiger partial charge in [0.05, 0.1) is 0 Å². The molecule has 1 aromatic rings. The molecule has 1 heterocycles. The van der Waals surface area contributed by atoms with Crippen LogP contribution in [0.3, 0.4) is 0 Å². The van der Waals surface area contributed by atoms with Gasteiger partial charge < -0.3 is 10.3 Å². The Balaban J connectivity index is 1.97. The van der Waals surface area contributed by atoms with Crippen LogP contribution in [-0.4, -0.2) is 15.6 Å². The summed E-state index contributed by atoms with van der Waals surface area (Å²) >= 11 is 2.04. The molecule has 0 aromatic carbocycles. The van der Waals surface area contributed by atoms with E-state index in [1.165, 1.54) is 42.8 Å². The van der Waals surface area contributed by atoms with E-state index in [4.69, 9.17) is 5.73 Å². The molecule has 1 fully saturated rings. The number of aromatic nitrogens is 1. The van der Waals surface area contributed by atoms with Crippen LogP contribution in [0.2, 0.25) is 0 Å². The molecule has 2 N–H and O–H groups in total. The van der Waals surface area contributed by atoms with E-state index in [1.54, 1.807) is 0 Å². The van der Waals surface area contributed by atoms with Gasteiger partial charge in [0.15, 0.2) is 0 Å². The Morgan fingerprint density at radius 1 is 1.42 bits per heavy atom. The lowest BCUT2D eigenvalue weighted by Crippen LogP contribution is -2.31. The van der Waals surface area contributed by atoms with Crippen molar-refractivity contribution in [2.24, 2.45) is 11.1 Å². The highest BCUT2D eigenvalue weighted by Gasteiger charge is 2.43. The van der Waals surface area contributed by atoms with Gasteiger partial charge in [0, 0.05) is 28.7 Å². The third kappa shape index (κ3) is 2.36. The number of aryl methyl sites for hydroxylation is 1. The van der Waals surface area contributed by atoms with E-state index in [0.717, 1.165) is 6.42 Å². The van der Waals surface area contributed by atoms with Crippen molar-refractivity contribution in [2.45, 2.75) is 63.8 Å². The minimum absolute atomic E-state index is 0.225. The van der Waals surface area contributed by atoms with Crippen LogP contribution in [0.25, 0.3) is 0 Å². The first-order valence-corrected chi connectivity index (χ1v) is 8.58.